The maximum atomic E-state index is 2.46. The molecule has 0 nitrogen and oxygen atoms in total. The van der Waals surface area contributed by atoms with E-state index >= 15 is 0 Å². The standard InChI is InChI=1S/C56H38Si/c1-4-15-48(16-5-1)57(49-17-6-2-7-18-49,50-19-8-3-9-20-50)51-33-32-43-34-41(28-29-44(43)37-51)42-27-24-39-25-30-45(36-47(39)35-42)55-38-46-31-26-40-14-10-11-21-52(40)56(46)54-23-13-12-22-53(54)55/h1-38H. The van der Waals surface area contributed by atoms with E-state index in [4.69, 9.17) is 0 Å². The second-order valence-electron chi connectivity index (χ2n) is 15.3. The van der Waals surface area contributed by atoms with Gasteiger partial charge in [-0.05, 0) is 121 Å². The van der Waals surface area contributed by atoms with E-state index in [2.05, 4.69) is 231 Å². The lowest BCUT2D eigenvalue weighted by atomic mass is 9.90. The molecule has 0 bridgehead atoms. The Morgan fingerprint density at radius 2 is 0.684 bits per heavy atom. The first-order valence-electron chi connectivity index (χ1n) is 19.8. The topological polar surface area (TPSA) is 0 Å². The first-order chi connectivity index (χ1) is 28.2. The predicted molar refractivity (Wildman–Crippen MR) is 248 cm³/mol. The first-order valence-corrected chi connectivity index (χ1v) is 21.8. The van der Waals surface area contributed by atoms with E-state index in [1.54, 1.807) is 0 Å². The molecule has 0 aliphatic carbocycles. The Hall–Kier alpha value is -7.06. The van der Waals surface area contributed by atoms with Crippen LogP contribution in [0.3, 0.4) is 0 Å². The third kappa shape index (κ3) is 5.51. The molecule has 0 aromatic heterocycles. The predicted octanol–water partition coefficient (Wildman–Crippen LogP) is 12.2. The van der Waals surface area contributed by atoms with Gasteiger partial charge in [-0.2, -0.15) is 0 Å². The van der Waals surface area contributed by atoms with Crippen molar-refractivity contribution in [1.29, 1.82) is 0 Å². The minimum Gasteiger partial charge on any atom is -0.0623 e. The van der Waals surface area contributed by atoms with Crippen LogP contribution in [-0.2, 0) is 0 Å². The maximum Gasteiger partial charge on any atom is 0.179 e. The Morgan fingerprint density at radius 3 is 1.35 bits per heavy atom. The van der Waals surface area contributed by atoms with Crippen LogP contribution in [0, 0.1) is 0 Å². The molecule has 0 saturated carbocycles. The van der Waals surface area contributed by atoms with Gasteiger partial charge in [-0.15, -0.1) is 0 Å². The highest BCUT2D eigenvalue weighted by atomic mass is 28.3. The number of hydrogen-bond acceptors (Lipinski definition) is 0. The summed E-state index contributed by atoms with van der Waals surface area (Å²) in [6, 6.07) is 86.0. The Morgan fingerprint density at radius 1 is 0.228 bits per heavy atom. The van der Waals surface area contributed by atoms with Crippen molar-refractivity contribution in [3.05, 3.63) is 231 Å². The molecular weight excluding hydrogens is 701 g/mol. The minimum absolute atomic E-state index is 1.22. The number of hydrogen-bond donors (Lipinski definition) is 0. The zero-order valence-corrected chi connectivity index (χ0v) is 32.4. The fourth-order valence-corrected chi connectivity index (χ4v) is 14.2. The summed E-state index contributed by atoms with van der Waals surface area (Å²) in [6.45, 7) is 0. The molecular formula is C56H38Si. The van der Waals surface area contributed by atoms with Gasteiger partial charge in [0.1, 0.15) is 0 Å². The van der Waals surface area contributed by atoms with Gasteiger partial charge in [-0.1, -0.05) is 206 Å². The van der Waals surface area contributed by atoms with Crippen molar-refractivity contribution < 1.29 is 0 Å². The zero-order chi connectivity index (χ0) is 37.8. The van der Waals surface area contributed by atoms with Crippen LogP contribution in [0.2, 0.25) is 0 Å². The van der Waals surface area contributed by atoms with Crippen LogP contribution in [0.4, 0.5) is 0 Å². The fourth-order valence-electron chi connectivity index (χ4n) is 9.43. The van der Waals surface area contributed by atoms with E-state index in [0.717, 1.165) is 0 Å². The Labute approximate surface area is 334 Å². The quantitative estimate of drug-likeness (QED) is 0.0905. The summed E-state index contributed by atoms with van der Waals surface area (Å²) in [5.74, 6) is 0. The smallest absolute Gasteiger partial charge is 0.0623 e. The molecule has 1 heteroatoms. The highest BCUT2D eigenvalue weighted by molar-refractivity contribution is 7.20. The van der Waals surface area contributed by atoms with Crippen LogP contribution in [-0.4, -0.2) is 8.07 Å². The van der Waals surface area contributed by atoms with Gasteiger partial charge in [-0.25, -0.2) is 0 Å². The van der Waals surface area contributed by atoms with Gasteiger partial charge in [0.15, 0.2) is 8.07 Å². The van der Waals surface area contributed by atoms with E-state index in [0.29, 0.717) is 0 Å². The van der Waals surface area contributed by atoms with Crippen LogP contribution >= 0.6 is 0 Å². The lowest BCUT2D eigenvalue weighted by Gasteiger charge is -2.34. The molecule has 0 fully saturated rings. The molecule has 11 aromatic carbocycles. The Balaban J connectivity index is 1.02. The van der Waals surface area contributed by atoms with E-state index in [1.807, 2.05) is 0 Å². The zero-order valence-electron chi connectivity index (χ0n) is 31.4. The lowest BCUT2D eigenvalue weighted by molar-refractivity contribution is 1.66. The second-order valence-corrected chi connectivity index (χ2v) is 19.1. The van der Waals surface area contributed by atoms with Crippen LogP contribution in [0.1, 0.15) is 0 Å². The highest BCUT2D eigenvalue weighted by Gasteiger charge is 2.41. The van der Waals surface area contributed by atoms with Crippen molar-refractivity contribution in [2.75, 3.05) is 0 Å². The number of benzene rings is 11. The number of fused-ring (bicyclic) bond motifs is 7. The van der Waals surface area contributed by atoms with Gasteiger partial charge in [0.25, 0.3) is 0 Å². The van der Waals surface area contributed by atoms with Crippen molar-refractivity contribution in [2.24, 2.45) is 0 Å². The summed E-state index contributed by atoms with van der Waals surface area (Å²) >= 11 is 0. The Bertz CT molecular complexity index is 3180. The van der Waals surface area contributed by atoms with Crippen molar-refractivity contribution in [2.45, 2.75) is 0 Å². The lowest BCUT2D eigenvalue weighted by Crippen LogP contribution is -2.74. The molecule has 0 heterocycles. The minimum atomic E-state index is -2.60. The Kier molecular flexibility index (Phi) is 7.94. The maximum absolute atomic E-state index is 2.60. The van der Waals surface area contributed by atoms with Crippen LogP contribution in [0.15, 0.2) is 231 Å². The SMILES string of the molecule is c1ccc([Si](c2ccccc2)(c2ccccc2)c2ccc3cc(-c4ccc5ccc(-c6cc7ccc8ccccc8c7c7ccccc67)cc5c4)ccc3c2)cc1. The molecule has 0 saturated heterocycles. The first kappa shape index (κ1) is 33.3. The largest absolute Gasteiger partial charge is 0.179 e. The molecule has 11 aromatic rings. The summed E-state index contributed by atoms with van der Waals surface area (Å²) in [5.41, 5.74) is 4.95. The van der Waals surface area contributed by atoms with Crippen LogP contribution in [0.25, 0.3) is 76.1 Å². The van der Waals surface area contributed by atoms with Gasteiger partial charge in [0.05, 0.1) is 0 Å². The highest BCUT2D eigenvalue weighted by Crippen LogP contribution is 2.39. The van der Waals surface area contributed by atoms with Gasteiger partial charge >= 0.3 is 0 Å². The third-order valence-corrected chi connectivity index (χ3v) is 16.9. The van der Waals surface area contributed by atoms with E-state index in [9.17, 15) is 0 Å². The summed E-state index contributed by atoms with van der Waals surface area (Å²) in [6.07, 6.45) is 0. The molecule has 0 radical (unpaired) electrons. The summed E-state index contributed by atoms with van der Waals surface area (Å²) in [4.78, 5) is 0. The molecule has 266 valence electrons. The van der Waals surface area contributed by atoms with E-state index in [1.165, 1.54) is 96.9 Å². The number of rotatable bonds is 6. The average molecular weight is 739 g/mol. The summed E-state index contributed by atoms with van der Waals surface area (Å²) in [5, 5.41) is 18.3. The molecule has 11 rings (SSSR count). The van der Waals surface area contributed by atoms with Gasteiger partial charge in [0, 0.05) is 0 Å². The van der Waals surface area contributed by atoms with Crippen LogP contribution < -0.4 is 20.7 Å². The summed E-state index contributed by atoms with van der Waals surface area (Å²) in [7, 11) is -2.60. The summed E-state index contributed by atoms with van der Waals surface area (Å²) < 4.78 is 0. The third-order valence-electron chi connectivity index (χ3n) is 12.1. The molecule has 0 aliphatic rings. The van der Waals surface area contributed by atoms with Crippen molar-refractivity contribution in [3.63, 3.8) is 0 Å². The fraction of sp³-hybridized carbons (Fsp3) is 0. The molecule has 0 aliphatic heterocycles. The molecule has 0 N–H and O–H groups in total. The second kappa shape index (κ2) is 13.6. The molecule has 57 heavy (non-hydrogen) atoms. The van der Waals surface area contributed by atoms with E-state index < -0.39 is 8.07 Å². The molecule has 0 amide bonds. The molecule has 0 unspecified atom stereocenters. The van der Waals surface area contributed by atoms with Gasteiger partial charge < -0.3 is 0 Å². The van der Waals surface area contributed by atoms with Crippen molar-refractivity contribution in [3.8, 4) is 22.3 Å². The van der Waals surface area contributed by atoms with Gasteiger partial charge in [0.2, 0.25) is 0 Å². The normalized spacial score (nSPS) is 11.9. The van der Waals surface area contributed by atoms with Crippen LogP contribution in [0.5, 0.6) is 0 Å². The molecule has 0 spiro atoms. The average Bonchev–Trinajstić information content (AvgIpc) is 3.29. The van der Waals surface area contributed by atoms with Crippen molar-refractivity contribution >= 4 is 82.7 Å². The monoisotopic (exact) mass is 738 g/mol. The molecule has 0 atom stereocenters. The van der Waals surface area contributed by atoms with Crippen molar-refractivity contribution in [1.82, 2.24) is 0 Å². The van der Waals surface area contributed by atoms with Gasteiger partial charge in [-0.3, -0.25) is 0 Å². The van der Waals surface area contributed by atoms with E-state index in [-0.39, 0.29) is 0 Å².